The normalized spacial score (nSPS) is 14.5. The fourth-order valence-corrected chi connectivity index (χ4v) is 4.39. The van der Waals surface area contributed by atoms with E-state index in [0.717, 1.165) is 62.0 Å². The Morgan fingerprint density at radius 1 is 0.750 bits per heavy atom. The molecule has 1 fully saturated rings. The van der Waals surface area contributed by atoms with Gasteiger partial charge in [-0.15, -0.1) is 0 Å². The van der Waals surface area contributed by atoms with Crippen molar-refractivity contribution in [3.63, 3.8) is 0 Å². The van der Waals surface area contributed by atoms with Gasteiger partial charge in [-0.25, -0.2) is 8.78 Å². The van der Waals surface area contributed by atoms with Crippen LogP contribution in [0.2, 0.25) is 0 Å². The number of piperidine rings is 1. The van der Waals surface area contributed by atoms with Crippen LogP contribution in [0, 0.1) is 11.6 Å². The van der Waals surface area contributed by atoms with Gasteiger partial charge in [-0.2, -0.15) is 0 Å². The number of halogens is 2. The van der Waals surface area contributed by atoms with Gasteiger partial charge in [0, 0.05) is 13.1 Å². The Morgan fingerprint density at radius 2 is 1.31 bits per heavy atom. The highest BCUT2D eigenvalue weighted by atomic mass is 19.1. The molecular weight excluding hydrogens is 404 g/mol. The van der Waals surface area contributed by atoms with Crippen molar-refractivity contribution in [1.29, 1.82) is 0 Å². The summed E-state index contributed by atoms with van der Waals surface area (Å²) in [6.45, 7) is 2.98. The number of anilines is 2. The molecule has 166 valence electrons. The Bertz CT molecular complexity index is 1030. The highest BCUT2D eigenvalue weighted by Crippen LogP contribution is 2.32. The van der Waals surface area contributed by atoms with Crippen LogP contribution in [0.1, 0.15) is 36.0 Å². The fourth-order valence-electron chi connectivity index (χ4n) is 4.39. The SMILES string of the molecule is Nc1ccc(CCCN2CCC(=C(c3ccc(F)cc3)c3ccc(F)cc3)CC2)cc1N. The number of nitrogen functional groups attached to an aromatic ring is 2. The van der Waals surface area contributed by atoms with Gasteiger partial charge in [0.2, 0.25) is 0 Å². The minimum Gasteiger partial charge on any atom is -0.397 e. The van der Waals surface area contributed by atoms with Crippen LogP contribution in [0.5, 0.6) is 0 Å². The van der Waals surface area contributed by atoms with E-state index < -0.39 is 0 Å². The molecule has 0 bridgehead atoms. The van der Waals surface area contributed by atoms with Gasteiger partial charge in [-0.1, -0.05) is 35.9 Å². The summed E-state index contributed by atoms with van der Waals surface area (Å²) in [5.74, 6) is -0.509. The molecule has 1 aliphatic heterocycles. The van der Waals surface area contributed by atoms with Crippen LogP contribution in [0.25, 0.3) is 5.57 Å². The van der Waals surface area contributed by atoms with E-state index in [0.29, 0.717) is 11.4 Å². The lowest BCUT2D eigenvalue weighted by molar-refractivity contribution is 0.254. The summed E-state index contributed by atoms with van der Waals surface area (Å²) >= 11 is 0. The van der Waals surface area contributed by atoms with Gasteiger partial charge in [-0.05, 0) is 90.9 Å². The lowest BCUT2D eigenvalue weighted by Gasteiger charge is -2.30. The molecule has 0 atom stereocenters. The van der Waals surface area contributed by atoms with Crippen molar-refractivity contribution in [2.75, 3.05) is 31.1 Å². The second-order valence-corrected chi connectivity index (χ2v) is 8.40. The Morgan fingerprint density at radius 3 is 1.84 bits per heavy atom. The van der Waals surface area contributed by atoms with Gasteiger partial charge in [0.05, 0.1) is 11.4 Å². The highest BCUT2D eigenvalue weighted by molar-refractivity contribution is 5.82. The number of likely N-dealkylation sites (tertiary alicyclic amines) is 1. The molecule has 5 heteroatoms. The number of nitrogens with zero attached hydrogens (tertiary/aromatic N) is 1. The summed E-state index contributed by atoms with van der Waals surface area (Å²) in [7, 11) is 0. The first-order valence-corrected chi connectivity index (χ1v) is 11.1. The van der Waals surface area contributed by atoms with Crippen molar-refractivity contribution in [2.24, 2.45) is 0 Å². The molecule has 0 aromatic heterocycles. The third-order valence-corrected chi connectivity index (χ3v) is 6.17. The van der Waals surface area contributed by atoms with Crippen LogP contribution in [-0.2, 0) is 6.42 Å². The molecule has 3 aromatic carbocycles. The monoisotopic (exact) mass is 433 g/mol. The molecule has 0 spiro atoms. The minimum absolute atomic E-state index is 0.255. The molecule has 0 radical (unpaired) electrons. The third kappa shape index (κ3) is 5.35. The molecule has 4 rings (SSSR count). The first-order valence-electron chi connectivity index (χ1n) is 11.1. The predicted octanol–water partition coefficient (Wildman–Crippen LogP) is 5.66. The molecule has 0 amide bonds. The molecule has 1 heterocycles. The van der Waals surface area contributed by atoms with Gasteiger partial charge in [0.15, 0.2) is 0 Å². The van der Waals surface area contributed by atoms with Gasteiger partial charge >= 0.3 is 0 Å². The average molecular weight is 434 g/mol. The predicted molar refractivity (Wildman–Crippen MR) is 128 cm³/mol. The molecule has 0 saturated carbocycles. The van der Waals surface area contributed by atoms with Crippen LogP contribution >= 0.6 is 0 Å². The Kier molecular flexibility index (Phi) is 6.86. The van der Waals surface area contributed by atoms with Crippen LogP contribution in [0.15, 0.2) is 72.3 Å². The number of rotatable bonds is 6. The number of benzene rings is 3. The van der Waals surface area contributed by atoms with Gasteiger partial charge in [0.25, 0.3) is 0 Å². The molecular formula is C27H29F2N3. The standard InChI is InChI=1S/C27H29F2N3/c28-23-8-4-20(5-9-23)27(21-6-10-24(29)11-7-21)22-13-16-32(17-14-22)15-1-2-19-3-12-25(30)26(31)18-19/h3-12,18H,1-2,13-17,30-31H2. The third-order valence-electron chi connectivity index (χ3n) is 6.17. The van der Waals surface area contributed by atoms with E-state index in [1.807, 2.05) is 42.5 Å². The number of nitrogens with two attached hydrogens (primary N) is 2. The maximum absolute atomic E-state index is 13.5. The zero-order valence-corrected chi connectivity index (χ0v) is 18.2. The van der Waals surface area contributed by atoms with E-state index in [9.17, 15) is 8.78 Å². The summed E-state index contributed by atoms with van der Waals surface area (Å²) in [5.41, 5.74) is 18.6. The molecule has 3 aromatic rings. The smallest absolute Gasteiger partial charge is 0.123 e. The Hall–Kier alpha value is -3.18. The van der Waals surface area contributed by atoms with E-state index in [2.05, 4.69) is 4.90 Å². The fraction of sp³-hybridized carbons (Fsp3) is 0.259. The van der Waals surface area contributed by atoms with Gasteiger partial charge < -0.3 is 16.4 Å². The van der Waals surface area contributed by atoms with E-state index >= 15 is 0 Å². The topological polar surface area (TPSA) is 55.3 Å². The van der Waals surface area contributed by atoms with Crippen LogP contribution < -0.4 is 11.5 Å². The van der Waals surface area contributed by atoms with E-state index in [1.54, 1.807) is 0 Å². The highest BCUT2D eigenvalue weighted by Gasteiger charge is 2.19. The van der Waals surface area contributed by atoms with E-state index in [-0.39, 0.29) is 11.6 Å². The molecule has 32 heavy (non-hydrogen) atoms. The molecule has 3 nitrogen and oxygen atoms in total. The Balaban J connectivity index is 1.43. The first-order chi connectivity index (χ1) is 15.5. The van der Waals surface area contributed by atoms with Gasteiger partial charge in [-0.3, -0.25) is 0 Å². The van der Waals surface area contributed by atoms with Crippen molar-refractivity contribution >= 4 is 16.9 Å². The quantitative estimate of drug-likeness (QED) is 0.493. The number of hydrogen-bond donors (Lipinski definition) is 2. The van der Waals surface area contributed by atoms with Crippen molar-refractivity contribution < 1.29 is 8.78 Å². The lowest BCUT2D eigenvalue weighted by Crippen LogP contribution is -2.32. The summed E-state index contributed by atoms with van der Waals surface area (Å²) in [4.78, 5) is 2.48. The van der Waals surface area contributed by atoms with Crippen molar-refractivity contribution in [1.82, 2.24) is 4.90 Å². The zero-order chi connectivity index (χ0) is 22.5. The van der Waals surface area contributed by atoms with Crippen LogP contribution in [0.4, 0.5) is 20.2 Å². The summed E-state index contributed by atoms with van der Waals surface area (Å²) in [5, 5.41) is 0. The van der Waals surface area contributed by atoms with Crippen molar-refractivity contribution in [3.05, 3.63) is 101 Å². The maximum Gasteiger partial charge on any atom is 0.123 e. The average Bonchev–Trinajstić information content (AvgIpc) is 2.80. The maximum atomic E-state index is 13.5. The molecule has 1 saturated heterocycles. The first kappa shape index (κ1) is 22.0. The molecule has 1 aliphatic rings. The molecule has 0 unspecified atom stereocenters. The molecule has 0 aliphatic carbocycles. The van der Waals surface area contributed by atoms with Gasteiger partial charge in [0.1, 0.15) is 11.6 Å². The number of aryl methyl sites for hydroxylation is 1. The Labute approximate surface area is 188 Å². The second-order valence-electron chi connectivity index (χ2n) is 8.40. The molecule has 4 N–H and O–H groups in total. The second kappa shape index (κ2) is 9.96. The lowest BCUT2D eigenvalue weighted by atomic mass is 9.88. The summed E-state index contributed by atoms with van der Waals surface area (Å²) in [6.07, 6.45) is 3.92. The van der Waals surface area contributed by atoms with E-state index in [1.165, 1.54) is 35.4 Å². The summed E-state index contributed by atoms with van der Waals surface area (Å²) < 4.78 is 27.0. The zero-order valence-electron chi connectivity index (χ0n) is 18.2. The number of hydrogen-bond acceptors (Lipinski definition) is 3. The van der Waals surface area contributed by atoms with Crippen molar-refractivity contribution in [2.45, 2.75) is 25.7 Å². The minimum atomic E-state index is -0.255. The van der Waals surface area contributed by atoms with Crippen molar-refractivity contribution in [3.8, 4) is 0 Å². The summed E-state index contributed by atoms with van der Waals surface area (Å²) in [6, 6.07) is 19.1. The van der Waals surface area contributed by atoms with Crippen LogP contribution in [-0.4, -0.2) is 24.5 Å². The van der Waals surface area contributed by atoms with E-state index in [4.69, 9.17) is 11.5 Å². The largest absolute Gasteiger partial charge is 0.397 e. The van der Waals surface area contributed by atoms with Crippen LogP contribution in [0.3, 0.4) is 0 Å².